The van der Waals surface area contributed by atoms with Gasteiger partial charge >= 0.3 is 5.97 Å². The summed E-state index contributed by atoms with van der Waals surface area (Å²) >= 11 is 11.5. The summed E-state index contributed by atoms with van der Waals surface area (Å²) < 4.78 is 5.00. The van der Waals surface area contributed by atoms with Gasteiger partial charge in [0.2, 0.25) is 0 Å². The van der Waals surface area contributed by atoms with Crippen LogP contribution in [0.2, 0.25) is 10.2 Å². The number of amides is 1. The van der Waals surface area contributed by atoms with Crippen LogP contribution in [-0.2, 0) is 9.53 Å². The average Bonchev–Trinajstić information content (AvgIpc) is 2.52. The maximum atomic E-state index is 12.0. The van der Waals surface area contributed by atoms with Crippen molar-refractivity contribution in [2.45, 2.75) is 39.2 Å². The lowest BCUT2D eigenvalue weighted by Gasteiger charge is -2.34. The maximum Gasteiger partial charge on any atom is 0.340 e. The number of aromatic nitrogens is 1. The lowest BCUT2D eigenvalue weighted by Crippen LogP contribution is -2.45. The zero-order chi connectivity index (χ0) is 17.0. The molecule has 0 bridgehead atoms. The van der Waals surface area contributed by atoms with E-state index in [1.54, 1.807) is 0 Å². The van der Waals surface area contributed by atoms with Crippen molar-refractivity contribution >= 4 is 35.1 Å². The minimum atomic E-state index is -0.656. The van der Waals surface area contributed by atoms with Gasteiger partial charge in [0.25, 0.3) is 5.91 Å². The Morgan fingerprint density at radius 2 is 2.09 bits per heavy atom. The second-order valence-corrected chi connectivity index (χ2v) is 6.78. The van der Waals surface area contributed by atoms with Gasteiger partial charge in [-0.3, -0.25) is 4.79 Å². The monoisotopic (exact) mass is 358 g/mol. The van der Waals surface area contributed by atoms with E-state index >= 15 is 0 Å². The van der Waals surface area contributed by atoms with Crippen LogP contribution in [0.25, 0.3) is 0 Å². The SMILES string of the molecule is C[C@H]1[C@@H](NC(=O)COC(=O)c2cnc(Cl)c(Cl)c2)CCC[C@@H]1C. The van der Waals surface area contributed by atoms with Crippen LogP contribution in [0, 0.1) is 11.8 Å². The summed E-state index contributed by atoms with van der Waals surface area (Å²) in [5, 5.41) is 3.22. The molecule has 0 aliphatic heterocycles. The summed E-state index contributed by atoms with van der Waals surface area (Å²) in [6, 6.07) is 1.50. The molecule has 126 valence electrons. The topological polar surface area (TPSA) is 68.3 Å². The normalized spacial score (nSPS) is 24.1. The first kappa shape index (κ1) is 18.0. The quantitative estimate of drug-likeness (QED) is 0.660. The van der Waals surface area contributed by atoms with Crippen molar-refractivity contribution in [3.8, 4) is 0 Å². The number of ether oxygens (including phenoxy) is 1. The molecule has 1 fully saturated rings. The molecule has 1 aliphatic rings. The summed E-state index contributed by atoms with van der Waals surface area (Å²) in [6.45, 7) is 4.01. The van der Waals surface area contributed by atoms with Crippen LogP contribution in [-0.4, -0.2) is 29.5 Å². The first-order valence-corrected chi connectivity index (χ1v) is 8.41. The largest absolute Gasteiger partial charge is 0.452 e. The molecule has 1 N–H and O–H groups in total. The van der Waals surface area contributed by atoms with Gasteiger partial charge in [-0.2, -0.15) is 0 Å². The molecule has 1 aliphatic carbocycles. The van der Waals surface area contributed by atoms with Gasteiger partial charge in [-0.25, -0.2) is 9.78 Å². The smallest absolute Gasteiger partial charge is 0.340 e. The second kappa shape index (κ2) is 7.97. The predicted octanol–water partition coefficient (Wildman–Crippen LogP) is 3.49. The molecule has 1 aromatic heterocycles. The van der Waals surface area contributed by atoms with E-state index in [-0.39, 0.29) is 34.3 Å². The third-order valence-corrected chi connectivity index (χ3v) is 5.11. The fourth-order valence-corrected chi connectivity index (χ4v) is 3.05. The van der Waals surface area contributed by atoms with Crippen LogP contribution >= 0.6 is 23.2 Å². The van der Waals surface area contributed by atoms with Crippen molar-refractivity contribution in [3.05, 3.63) is 28.0 Å². The fourth-order valence-electron chi connectivity index (χ4n) is 2.78. The van der Waals surface area contributed by atoms with E-state index in [4.69, 9.17) is 27.9 Å². The zero-order valence-electron chi connectivity index (χ0n) is 13.1. The molecule has 1 aromatic rings. The van der Waals surface area contributed by atoms with E-state index in [1.165, 1.54) is 18.7 Å². The van der Waals surface area contributed by atoms with Crippen molar-refractivity contribution in [1.82, 2.24) is 10.3 Å². The minimum Gasteiger partial charge on any atom is -0.452 e. The first-order valence-electron chi connectivity index (χ1n) is 7.66. The molecule has 23 heavy (non-hydrogen) atoms. The van der Waals surface area contributed by atoms with Crippen LogP contribution in [0.1, 0.15) is 43.5 Å². The fraction of sp³-hybridized carbons (Fsp3) is 0.562. The molecule has 0 unspecified atom stereocenters. The Kier molecular flexibility index (Phi) is 6.25. The molecule has 0 aromatic carbocycles. The van der Waals surface area contributed by atoms with Crippen molar-refractivity contribution < 1.29 is 14.3 Å². The van der Waals surface area contributed by atoms with E-state index in [0.717, 1.165) is 12.8 Å². The van der Waals surface area contributed by atoms with E-state index in [2.05, 4.69) is 24.1 Å². The highest BCUT2D eigenvalue weighted by Gasteiger charge is 2.28. The Bertz CT molecular complexity index is 595. The standard InChI is InChI=1S/C16H20Cl2N2O3/c1-9-4-3-5-13(10(9)2)20-14(21)8-23-16(22)11-6-12(17)15(18)19-7-11/h6-7,9-10,13H,3-5,8H2,1-2H3,(H,20,21)/t9-,10+,13-/m0/s1. The first-order chi connectivity index (χ1) is 10.9. The maximum absolute atomic E-state index is 12.0. The molecule has 1 heterocycles. The Balaban J connectivity index is 1.84. The second-order valence-electron chi connectivity index (χ2n) is 6.01. The van der Waals surface area contributed by atoms with Crippen LogP contribution in [0.5, 0.6) is 0 Å². The van der Waals surface area contributed by atoms with Gasteiger partial charge in [-0.15, -0.1) is 0 Å². The number of rotatable bonds is 4. The van der Waals surface area contributed by atoms with Gasteiger partial charge in [0.05, 0.1) is 10.6 Å². The number of halogens is 2. The average molecular weight is 359 g/mol. The Labute approximate surface area is 145 Å². The molecular formula is C16H20Cl2N2O3. The van der Waals surface area contributed by atoms with E-state index in [0.29, 0.717) is 11.8 Å². The summed E-state index contributed by atoms with van der Waals surface area (Å²) in [7, 11) is 0. The van der Waals surface area contributed by atoms with Crippen LogP contribution in [0.4, 0.5) is 0 Å². The molecule has 3 atom stereocenters. The molecule has 7 heteroatoms. The molecule has 0 saturated heterocycles. The highest BCUT2D eigenvalue weighted by molar-refractivity contribution is 6.41. The summed E-state index contributed by atoms with van der Waals surface area (Å²) in [6.07, 6.45) is 4.51. The van der Waals surface area contributed by atoms with E-state index in [9.17, 15) is 9.59 Å². The van der Waals surface area contributed by atoms with Crippen molar-refractivity contribution in [3.63, 3.8) is 0 Å². The lowest BCUT2D eigenvalue weighted by molar-refractivity contribution is -0.125. The number of esters is 1. The lowest BCUT2D eigenvalue weighted by atomic mass is 9.78. The highest BCUT2D eigenvalue weighted by atomic mass is 35.5. The van der Waals surface area contributed by atoms with Gasteiger partial charge < -0.3 is 10.1 Å². The number of nitrogens with zero attached hydrogens (tertiary/aromatic N) is 1. The molecule has 1 amide bonds. The third kappa shape index (κ3) is 4.82. The summed E-state index contributed by atoms with van der Waals surface area (Å²) in [5.74, 6) is 0.0511. The number of hydrogen-bond acceptors (Lipinski definition) is 4. The van der Waals surface area contributed by atoms with Gasteiger partial charge in [-0.05, 0) is 24.3 Å². The number of carbonyl (C=O) groups is 2. The Morgan fingerprint density at radius 1 is 1.35 bits per heavy atom. The summed E-state index contributed by atoms with van der Waals surface area (Å²) in [5.41, 5.74) is 0.159. The number of nitrogens with one attached hydrogen (secondary N) is 1. The highest BCUT2D eigenvalue weighted by Crippen LogP contribution is 2.29. The molecule has 1 saturated carbocycles. The Morgan fingerprint density at radius 3 is 2.78 bits per heavy atom. The van der Waals surface area contributed by atoms with Crippen molar-refractivity contribution in [2.24, 2.45) is 11.8 Å². The van der Waals surface area contributed by atoms with Gasteiger partial charge in [0.1, 0.15) is 5.15 Å². The summed E-state index contributed by atoms with van der Waals surface area (Å²) in [4.78, 5) is 27.6. The van der Waals surface area contributed by atoms with E-state index in [1.807, 2.05) is 0 Å². The number of pyridine rings is 1. The van der Waals surface area contributed by atoms with Crippen LogP contribution in [0.3, 0.4) is 0 Å². The van der Waals surface area contributed by atoms with Crippen molar-refractivity contribution in [2.75, 3.05) is 6.61 Å². The predicted molar refractivity (Wildman–Crippen MR) is 88.6 cm³/mol. The molecule has 0 spiro atoms. The van der Waals surface area contributed by atoms with E-state index < -0.39 is 5.97 Å². The zero-order valence-corrected chi connectivity index (χ0v) is 14.7. The molecule has 2 rings (SSSR count). The van der Waals surface area contributed by atoms with Crippen LogP contribution in [0.15, 0.2) is 12.3 Å². The number of hydrogen-bond donors (Lipinski definition) is 1. The minimum absolute atomic E-state index is 0.112. The van der Waals surface area contributed by atoms with Gasteiger partial charge in [-0.1, -0.05) is 49.9 Å². The third-order valence-electron chi connectivity index (χ3n) is 4.42. The Hall–Kier alpha value is -1.33. The van der Waals surface area contributed by atoms with Crippen LogP contribution < -0.4 is 5.32 Å². The van der Waals surface area contributed by atoms with Gasteiger partial charge in [0.15, 0.2) is 6.61 Å². The molecule has 5 nitrogen and oxygen atoms in total. The molecule has 0 radical (unpaired) electrons. The molecular weight excluding hydrogens is 339 g/mol. The van der Waals surface area contributed by atoms with Crippen molar-refractivity contribution in [1.29, 1.82) is 0 Å². The van der Waals surface area contributed by atoms with Gasteiger partial charge in [0, 0.05) is 12.2 Å². The number of carbonyl (C=O) groups excluding carboxylic acids is 2.